The summed E-state index contributed by atoms with van der Waals surface area (Å²) in [5.41, 5.74) is 6.90. The number of carbonyl (C=O) groups excluding carboxylic acids is 1. The molecule has 1 aliphatic rings. The first-order chi connectivity index (χ1) is 8.56. The summed E-state index contributed by atoms with van der Waals surface area (Å²) in [7, 11) is 1.86. The first kappa shape index (κ1) is 13.4. The zero-order chi connectivity index (χ0) is 13.1. The van der Waals surface area contributed by atoms with Crippen LogP contribution in [0.4, 0.5) is 0 Å². The Hall–Kier alpha value is -1.06. The first-order valence-corrected chi connectivity index (χ1v) is 6.69. The molecule has 1 aromatic rings. The van der Waals surface area contributed by atoms with Crippen LogP contribution in [0.2, 0.25) is 5.02 Å². The predicted molar refractivity (Wildman–Crippen MR) is 73.5 cm³/mol. The van der Waals surface area contributed by atoms with Gasteiger partial charge in [-0.2, -0.15) is 0 Å². The average Bonchev–Trinajstić information content (AvgIpc) is 2.33. The lowest BCUT2D eigenvalue weighted by atomic mass is 9.80. The first-order valence-electron chi connectivity index (χ1n) is 6.31. The highest BCUT2D eigenvalue weighted by molar-refractivity contribution is 6.30. The molecule has 0 atom stereocenters. The summed E-state index contributed by atoms with van der Waals surface area (Å²) < 4.78 is 0. The van der Waals surface area contributed by atoms with Gasteiger partial charge in [-0.15, -0.1) is 0 Å². The maximum absolute atomic E-state index is 12.0. The molecule has 98 valence electrons. The van der Waals surface area contributed by atoms with Crippen molar-refractivity contribution in [3.63, 3.8) is 0 Å². The van der Waals surface area contributed by atoms with E-state index >= 15 is 0 Å². The standard InChI is InChI=1S/C14H19ClN2O/c1-17(14(18)11-8-13(16)9-11)7-6-10-2-4-12(15)5-3-10/h2-5,11,13H,6-9,16H2,1H3. The highest BCUT2D eigenvalue weighted by Crippen LogP contribution is 2.27. The topological polar surface area (TPSA) is 46.3 Å². The number of nitrogens with two attached hydrogens (primary N) is 1. The van der Waals surface area contributed by atoms with Crippen LogP contribution in [0.1, 0.15) is 18.4 Å². The van der Waals surface area contributed by atoms with Crippen molar-refractivity contribution in [2.24, 2.45) is 11.7 Å². The third-order valence-electron chi connectivity index (χ3n) is 3.55. The van der Waals surface area contributed by atoms with Crippen LogP contribution >= 0.6 is 11.6 Å². The normalized spacial score (nSPS) is 22.4. The zero-order valence-corrected chi connectivity index (χ0v) is 11.4. The Bertz CT molecular complexity index is 412. The van der Waals surface area contributed by atoms with E-state index in [0.717, 1.165) is 30.8 Å². The van der Waals surface area contributed by atoms with E-state index < -0.39 is 0 Å². The molecule has 0 spiro atoms. The van der Waals surface area contributed by atoms with Crippen LogP contribution in [-0.2, 0) is 11.2 Å². The van der Waals surface area contributed by atoms with Crippen molar-refractivity contribution in [2.45, 2.75) is 25.3 Å². The summed E-state index contributed by atoms with van der Waals surface area (Å²) in [4.78, 5) is 13.8. The van der Waals surface area contributed by atoms with Gasteiger partial charge < -0.3 is 10.6 Å². The zero-order valence-electron chi connectivity index (χ0n) is 10.6. The molecular weight excluding hydrogens is 248 g/mol. The van der Waals surface area contributed by atoms with E-state index in [1.807, 2.05) is 36.2 Å². The van der Waals surface area contributed by atoms with Crippen molar-refractivity contribution in [2.75, 3.05) is 13.6 Å². The highest BCUT2D eigenvalue weighted by Gasteiger charge is 2.33. The number of amides is 1. The van der Waals surface area contributed by atoms with Crippen LogP contribution in [-0.4, -0.2) is 30.4 Å². The largest absolute Gasteiger partial charge is 0.345 e. The second-order valence-electron chi connectivity index (χ2n) is 5.06. The molecule has 0 aromatic heterocycles. The minimum absolute atomic E-state index is 0.148. The number of benzene rings is 1. The summed E-state index contributed by atoms with van der Waals surface area (Å²) in [6.07, 6.45) is 2.53. The van der Waals surface area contributed by atoms with Crippen LogP contribution in [0.3, 0.4) is 0 Å². The maximum atomic E-state index is 12.0. The Morgan fingerprint density at radius 1 is 1.39 bits per heavy atom. The Kier molecular flexibility index (Phi) is 4.25. The third-order valence-corrected chi connectivity index (χ3v) is 3.80. The Balaban J connectivity index is 1.79. The van der Waals surface area contributed by atoms with Gasteiger partial charge in [0.25, 0.3) is 0 Å². The summed E-state index contributed by atoms with van der Waals surface area (Å²) in [5, 5.41) is 0.742. The third kappa shape index (κ3) is 3.24. The van der Waals surface area contributed by atoms with E-state index in [1.54, 1.807) is 0 Å². The smallest absolute Gasteiger partial charge is 0.225 e. The molecule has 1 amide bonds. The summed E-state index contributed by atoms with van der Waals surface area (Å²) in [6, 6.07) is 7.98. The molecule has 0 heterocycles. The fourth-order valence-corrected chi connectivity index (χ4v) is 2.36. The van der Waals surface area contributed by atoms with Crippen LogP contribution in [0.25, 0.3) is 0 Å². The van der Waals surface area contributed by atoms with Crippen LogP contribution < -0.4 is 5.73 Å². The van der Waals surface area contributed by atoms with Crippen LogP contribution in [0.15, 0.2) is 24.3 Å². The Morgan fingerprint density at radius 3 is 2.56 bits per heavy atom. The number of nitrogens with zero attached hydrogens (tertiary/aromatic N) is 1. The Morgan fingerprint density at radius 2 is 2.00 bits per heavy atom. The van der Waals surface area contributed by atoms with Gasteiger partial charge in [-0.3, -0.25) is 4.79 Å². The SMILES string of the molecule is CN(CCc1ccc(Cl)cc1)C(=O)C1CC(N)C1. The minimum Gasteiger partial charge on any atom is -0.345 e. The summed E-state index contributed by atoms with van der Waals surface area (Å²) >= 11 is 5.83. The van der Waals surface area contributed by atoms with Gasteiger partial charge in [-0.05, 0) is 37.0 Å². The fourth-order valence-electron chi connectivity index (χ4n) is 2.23. The lowest BCUT2D eigenvalue weighted by molar-refractivity contribution is -0.137. The van der Waals surface area contributed by atoms with Gasteiger partial charge >= 0.3 is 0 Å². The van der Waals surface area contributed by atoms with Gasteiger partial charge in [-0.25, -0.2) is 0 Å². The molecule has 0 unspecified atom stereocenters. The monoisotopic (exact) mass is 266 g/mol. The van der Waals surface area contributed by atoms with Crippen molar-refractivity contribution in [1.82, 2.24) is 4.90 Å². The van der Waals surface area contributed by atoms with Crippen molar-refractivity contribution in [3.05, 3.63) is 34.9 Å². The van der Waals surface area contributed by atoms with Gasteiger partial charge in [0.1, 0.15) is 0 Å². The van der Waals surface area contributed by atoms with Crippen LogP contribution in [0, 0.1) is 5.92 Å². The average molecular weight is 267 g/mol. The maximum Gasteiger partial charge on any atom is 0.225 e. The summed E-state index contributed by atoms with van der Waals surface area (Å²) in [6.45, 7) is 0.742. The molecule has 1 aromatic carbocycles. The number of carbonyl (C=O) groups is 1. The lowest BCUT2D eigenvalue weighted by Crippen LogP contribution is -2.46. The van der Waals surface area contributed by atoms with Crippen LogP contribution in [0.5, 0.6) is 0 Å². The second kappa shape index (κ2) is 5.72. The second-order valence-corrected chi connectivity index (χ2v) is 5.50. The van der Waals surface area contributed by atoms with Crippen molar-refractivity contribution < 1.29 is 4.79 Å². The number of rotatable bonds is 4. The molecule has 1 fully saturated rings. The predicted octanol–water partition coefficient (Wildman–Crippen LogP) is 2.08. The van der Waals surface area contributed by atoms with E-state index in [4.69, 9.17) is 17.3 Å². The molecule has 4 heteroatoms. The van der Waals surface area contributed by atoms with Crippen molar-refractivity contribution in [1.29, 1.82) is 0 Å². The molecular formula is C14H19ClN2O. The van der Waals surface area contributed by atoms with Gasteiger partial charge in [0.05, 0.1) is 0 Å². The molecule has 2 rings (SSSR count). The highest BCUT2D eigenvalue weighted by atomic mass is 35.5. The molecule has 3 nitrogen and oxygen atoms in total. The van der Waals surface area contributed by atoms with E-state index in [2.05, 4.69) is 0 Å². The molecule has 18 heavy (non-hydrogen) atoms. The fraction of sp³-hybridized carbons (Fsp3) is 0.500. The molecule has 1 aliphatic carbocycles. The molecule has 1 saturated carbocycles. The van der Waals surface area contributed by atoms with Gasteiger partial charge in [0.15, 0.2) is 0 Å². The van der Waals surface area contributed by atoms with E-state index in [0.29, 0.717) is 0 Å². The summed E-state index contributed by atoms with van der Waals surface area (Å²) in [5.74, 6) is 0.376. The number of hydrogen-bond acceptors (Lipinski definition) is 2. The minimum atomic E-state index is 0.148. The Labute approximate surface area is 113 Å². The lowest BCUT2D eigenvalue weighted by Gasteiger charge is -2.34. The van der Waals surface area contributed by atoms with Crippen molar-refractivity contribution >= 4 is 17.5 Å². The van der Waals surface area contributed by atoms with Gasteiger partial charge in [0, 0.05) is 30.6 Å². The van der Waals surface area contributed by atoms with Gasteiger partial charge in [0.2, 0.25) is 5.91 Å². The number of hydrogen-bond donors (Lipinski definition) is 1. The quantitative estimate of drug-likeness (QED) is 0.907. The molecule has 0 saturated heterocycles. The molecule has 2 N–H and O–H groups in total. The van der Waals surface area contributed by atoms with E-state index in [1.165, 1.54) is 5.56 Å². The molecule has 0 radical (unpaired) electrons. The van der Waals surface area contributed by atoms with Gasteiger partial charge in [-0.1, -0.05) is 23.7 Å². The number of halogens is 1. The van der Waals surface area contributed by atoms with E-state index in [9.17, 15) is 4.79 Å². The van der Waals surface area contributed by atoms with Crippen molar-refractivity contribution in [3.8, 4) is 0 Å². The number of likely N-dealkylation sites (N-methyl/N-ethyl adjacent to an activating group) is 1. The molecule has 0 aliphatic heterocycles. The van der Waals surface area contributed by atoms with E-state index in [-0.39, 0.29) is 17.9 Å². The molecule has 0 bridgehead atoms.